The molecule has 0 bridgehead atoms. The molecule has 138 valence electrons. The molecule has 25 heavy (non-hydrogen) atoms. The molecule has 1 aromatic heterocycles. The summed E-state index contributed by atoms with van der Waals surface area (Å²) in [6, 6.07) is 0. The molecule has 0 N–H and O–H groups in total. The Bertz CT molecular complexity index is 605. The number of nitrogens with zero attached hydrogens (tertiary/aromatic N) is 3. The van der Waals surface area contributed by atoms with Crippen LogP contribution in [0.25, 0.3) is 0 Å². The molecular weight excluding hydrogens is 338 g/mol. The van der Waals surface area contributed by atoms with Crippen LogP contribution in [-0.4, -0.2) is 52.7 Å². The Morgan fingerprint density at radius 3 is 2.36 bits per heavy atom. The van der Waals surface area contributed by atoms with Gasteiger partial charge in [-0.2, -0.15) is 0 Å². The molecule has 0 unspecified atom stereocenters. The fourth-order valence-corrected chi connectivity index (χ4v) is 3.41. The van der Waals surface area contributed by atoms with Crippen LogP contribution in [0.2, 0.25) is 0 Å². The second-order valence-electron chi connectivity index (χ2n) is 6.58. The molecule has 1 aromatic rings. The van der Waals surface area contributed by atoms with Gasteiger partial charge in [-0.25, -0.2) is 9.97 Å². The van der Waals surface area contributed by atoms with Gasteiger partial charge in [-0.15, -0.1) is 0 Å². The molecule has 1 aliphatic rings. The van der Waals surface area contributed by atoms with Gasteiger partial charge in [-0.05, 0) is 50.8 Å². The Hall–Kier alpha value is -1.63. The number of aryl methyl sites for hydroxylation is 2. The molecule has 1 aliphatic heterocycles. The fourth-order valence-electron chi connectivity index (χ4n) is 2.95. The van der Waals surface area contributed by atoms with Gasteiger partial charge >= 0.3 is 5.97 Å². The molecule has 7 heteroatoms. The number of hydrogen-bond donors (Lipinski definition) is 0. The quantitative estimate of drug-likeness (QED) is 0.438. The van der Waals surface area contributed by atoms with Crippen LogP contribution in [0.1, 0.15) is 43.1 Å². The van der Waals surface area contributed by atoms with Gasteiger partial charge in [0, 0.05) is 30.9 Å². The van der Waals surface area contributed by atoms with Crippen molar-refractivity contribution in [2.75, 3.05) is 26.0 Å². The molecule has 0 radical (unpaired) electrons. The molecule has 0 saturated carbocycles. The largest absolute Gasteiger partial charge is 0.456 e. The Morgan fingerprint density at radius 2 is 1.80 bits per heavy atom. The number of rotatable bonds is 6. The van der Waals surface area contributed by atoms with Crippen molar-refractivity contribution in [3.05, 3.63) is 17.0 Å². The Labute approximate surface area is 153 Å². The molecule has 2 heterocycles. The Balaban J connectivity index is 1.78. The number of ether oxygens (including phenoxy) is 1. The number of aromatic nitrogens is 2. The summed E-state index contributed by atoms with van der Waals surface area (Å²) in [4.78, 5) is 34.7. The number of amides is 1. The zero-order valence-corrected chi connectivity index (χ0v) is 16.3. The maximum absolute atomic E-state index is 12.1. The number of carbonyl (C=O) groups excluding carboxylic acids is 2. The normalized spacial score (nSPS) is 15.3. The second kappa shape index (κ2) is 9.17. The summed E-state index contributed by atoms with van der Waals surface area (Å²) < 4.78 is 5.16. The Kier molecular flexibility index (Phi) is 7.23. The first-order chi connectivity index (χ1) is 11.9. The molecule has 2 rings (SSSR count). The van der Waals surface area contributed by atoms with Gasteiger partial charge in [0.25, 0.3) is 5.91 Å². The van der Waals surface area contributed by atoms with Gasteiger partial charge < -0.3 is 9.64 Å². The highest BCUT2D eigenvalue weighted by Crippen LogP contribution is 2.18. The second-order valence-corrected chi connectivity index (χ2v) is 7.36. The van der Waals surface area contributed by atoms with Gasteiger partial charge in [0.2, 0.25) is 0 Å². The van der Waals surface area contributed by atoms with Crippen molar-refractivity contribution in [3.63, 3.8) is 0 Å². The highest BCUT2D eigenvalue weighted by molar-refractivity contribution is 7.98. The van der Waals surface area contributed by atoms with Gasteiger partial charge in [-0.1, -0.05) is 18.7 Å². The van der Waals surface area contributed by atoms with E-state index < -0.39 is 0 Å². The smallest absolute Gasteiger partial charge is 0.306 e. The monoisotopic (exact) mass is 365 g/mol. The number of likely N-dealkylation sites (tertiary alicyclic amines) is 1. The van der Waals surface area contributed by atoms with E-state index in [2.05, 4.69) is 16.9 Å². The van der Waals surface area contributed by atoms with Crippen LogP contribution < -0.4 is 0 Å². The van der Waals surface area contributed by atoms with Crippen molar-refractivity contribution in [1.82, 2.24) is 14.9 Å². The van der Waals surface area contributed by atoms with Crippen molar-refractivity contribution < 1.29 is 14.3 Å². The van der Waals surface area contributed by atoms with E-state index in [4.69, 9.17) is 4.74 Å². The Morgan fingerprint density at radius 1 is 1.20 bits per heavy atom. The van der Waals surface area contributed by atoms with Gasteiger partial charge in [-0.3, -0.25) is 9.59 Å². The lowest BCUT2D eigenvalue weighted by molar-refractivity contribution is -0.152. The molecular formula is C18H27N3O3S. The number of thioether (sulfide) groups is 1. The molecule has 1 fully saturated rings. The predicted molar refractivity (Wildman–Crippen MR) is 97.5 cm³/mol. The van der Waals surface area contributed by atoms with Gasteiger partial charge in [0.15, 0.2) is 11.8 Å². The molecule has 6 nitrogen and oxygen atoms in total. The fraction of sp³-hybridized carbons (Fsp3) is 0.667. The lowest BCUT2D eigenvalue weighted by Crippen LogP contribution is -2.40. The first kappa shape index (κ1) is 19.7. The standard InChI is InChI=1S/C18H27N3O3S/c1-12-7-9-21(10-8-12)16(22)11-24-17(23)6-5-15-13(2)19-18(25-4)20-14(15)3/h12H,5-11H2,1-4H3. The minimum atomic E-state index is -0.355. The number of esters is 1. The van der Waals surface area contributed by atoms with E-state index in [0.29, 0.717) is 12.3 Å². The van der Waals surface area contributed by atoms with E-state index in [-0.39, 0.29) is 24.9 Å². The maximum Gasteiger partial charge on any atom is 0.306 e. The van der Waals surface area contributed by atoms with Crippen molar-refractivity contribution >= 4 is 23.6 Å². The molecule has 0 aliphatic carbocycles. The minimum absolute atomic E-state index is 0.0970. The average Bonchev–Trinajstić information content (AvgIpc) is 2.59. The SMILES string of the molecule is CSc1nc(C)c(CCC(=O)OCC(=O)N2CCC(C)CC2)c(C)n1. The molecule has 1 saturated heterocycles. The van der Waals surface area contributed by atoms with Crippen molar-refractivity contribution in [1.29, 1.82) is 0 Å². The highest BCUT2D eigenvalue weighted by Gasteiger charge is 2.21. The maximum atomic E-state index is 12.1. The lowest BCUT2D eigenvalue weighted by atomic mass is 9.99. The molecule has 0 spiro atoms. The number of carbonyl (C=O) groups is 2. The van der Waals surface area contributed by atoms with E-state index in [1.807, 2.05) is 20.1 Å². The average molecular weight is 365 g/mol. The number of hydrogen-bond acceptors (Lipinski definition) is 6. The molecule has 0 aromatic carbocycles. The zero-order valence-electron chi connectivity index (χ0n) is 15.5. The summed E-state index contributed by atoms with van der Waals surface area (Å²) >= 11 is 1.50. The van der Waals surface area contributed by atoms with Crippen LogP contribution in [0.15, 0.2) is 5.16 Å². The van der Waals surface area contributed by atoms with Gasteiger partial charge in [0.05, 0.1) is 0 Å². The van der Waals surface area contributed by atoms with E-state index >= 15 is 0 Å². The van der Waals surface area contributed by atoms with Gasteiger partial charge in [0.1, 0.15) is 0 Å². The summed E-state index contributed by atoms with van der Waals surface area (Å²) in [5.74, 6) is 0.213. The van der Waals surface area contributed by atoms with Crippen LogP contribution in [-0.2, 0) is 20.7 Å². The summed E-state index contributed by atoms with van der Waals surface area (Å²) in [6.45, 7) is 7.41. The minimum Gasteiger partial charge on any atom is -0.456 e. The van der Waals surface area contributed by atoms with Crippen LogP contribution in [0.3, 0.4) is 0 Å². The molecule has 0 atom stereocenters. The third kappa shape index (κ3) is 5.70. The topological polar surface area (TPSA) is 72.4 Å². The summed E-state index contributed by atoms with van der Waals surface area (Å²) in [5, 5.41) is 0.739. The number of piperidine rings is 1. The van der Waals surface area contributed by atoms with Crippen LogP contribution in [0, 0.1) is 19.8 Å². The summed E-state index contributed by atoms with van der Waals surface area (Å²) in [5.41, 5.74) is 2.76. The first-order valence-electron chi connectivity index (χ1n) is 8.72. The molecule has 1 amide bonds. The highest BCUT2D eigenvalue weighted by atomic mass is 32.2. The van der Waals surface area contributed by atoms with Crippen molar-refractivity contribution in [2.45, 2.75) is 51.6 Å². The van der Waals surface area contributed by atoms with E-state index in [1.165, 1.54) is 11.8 Å². The third-order valence-electron chi connectivity index (χ3n) is 4.65. The summed E-state index contributed by atoms with van der Waals surface area (Å²) in [6.07, 6.45) is 4.73. The lowest BCUT2D eigenvalue weighted by Gasteiger charge is -2.30. The van der Waals surface area contributed by atoms with Crippen molar-refractivity contribution in [2.24, 2.45) is 5.92 Å². The first-order valence-corrected chi connectivity index (χ1v) is 9.94. The van der Waals surface area contributed by atoms with E-state index in [0.717, 1.165) is 48.0 Å². The predicted octanol–water partition coefficient (Wildman–Crippen LogP) is 2.55. The van der Waals surface area contributed by atoms with Crippen LogP contribution in [0.4, 0.5) is 0 Å². The third-order valence-corrected chi connectivity index (χ3v) is 5.20. The van der Waals surface area contributed by atoms with E-state index in [1.54, 1.807) is 4.90 Å². The van der Waals surface area contributed by atoms with Crippen molar-refractivity contribution in [3.8, 4) is 0 Å². The van der Waals surface area contributed by atoms with E-state index in [9.17, 15) is 9.59 Å². The van der Waals surface area contributed by atoms with Crippen LogP contribution in [0.5, 0.6) is 0 Å². The zero-order chi connectivity index (χ0) is 18.4. The van der Waals surface area contributed by atoms with Crippen LogP contribution >= 0.6 is 11.8 Å². The summed E-state index contributed by atoms with van der Waals surface area (Å²) in [7, 11) is 0.